The third kappa shape index (κ3) is 2.49. The Kier molecular flexibility index (Phi) is 4.31. The first-order chi connectivity index (χ1) is 4.63. The molecule has 0 amide bonds. The van der Waals surface area contributed by atoms with E-state index in [4.69, 9.17) is 11.5 Å². The molecule has 0 aromatic heterocycles. The van der Waals surface area contributed by atoms with E-state index in [0.29, 0.717) is 0 Å². The van der Waals surface area contributed by atoms with Crippen LogP contribution in [0.5, 0.6) is 0 Å². The number of nitrogens with one attached hydrogen (secondary N) is 1. The first-order valence-electron chi connectivity index (χ1n) is 3.05. The molecule has 0 saturated heterocycles. The zero-order valence-electron chi connectivity index (χ0n) is 6.64. The van der Waals surface area contributed by atoms with Gasteiger partial charge in [-0.05, 0) is 13.2 Å². The lowest BCUT2D eigenvalue weighted by Gasteiger charge is -2.14. The molecule has 0 heterocycles. The van der Waals surface area contributed by atoms with Crippen LogP contribution in [0.1, 0.15) is 6.92 Å². The van der Waals surface area contributed by atoms with Crippen LogP contribution in [0, 0.1) is 0 Å². The Labute approximate surface area is 66.2 Å². The van der Waals surface area contributed by atoms with E-state index in [0.717, 1.165) is 11.4 Å². The first-order valence-corrected chi connectivity index (χ1v) is 4.34. The van der Waals surface area contributed by atoms with Gasteiger partial charge >= 0.3 is 0 Å². The molecular weight excluding hydrogens is 146 g/mol. The van der Waals surface area contributed by atoms with E-state index in [1.54, 1.807) is 11.8 Å². The Morgan fingerprint density at radius 1 is 1.60 bits per heavy atom. The van der Waals surface area contributed by atoms with Gasteiger partial charge in [0.25, 0.3) is 0 Å². The monoisotopic (exact) mass is 161 g/mol. The molecule has 3 nitrogen and oxygen atoms in total. The molecule has 0 aromatic rings. The summed E-state index contributed by atoms with van der Waals surface area (Å²) >= 11 is 1.56. The van der Waals surface area contributed by atoms with Crippen LogP contribution in [0.4, 0.5) is 0 Å². The van der Waals surface area contributed by atoms with E-state index in [-0.39, 0.29) is 5.37 Å². The van der Waals surface area contributed by atoms with Crippen LogP contribution < -0.4 is 16.8 Å². The van der Waals surface area contributed by atoms with Gasteiger partial charge in [-0.15, -0.1) is 11.8 Å². The molecule has 0 radical (unpaired) electrons. The predicted molar refractivity (Wildman–Crippen MR) is 47.4 cm³/mol. The van der Waals surface area contributed by atoms with Crippen LogP contribution in [-0.2, 0) is 0 Å². The first kappa shape index (κ1) is 9.65. The van der Waals surface area contributed by atoms with E-state index in [2.05, 4.69) is 5.32 Å². The van der Waals surface area contributed by atoms with Crippen LogP contribution in [-0.4, -0.2) is 18.7 Å². The molecule has 0 spiro atoms. The Hall–Kier alpha value is -0.350. The second kappa shape index (κ2) is 4.46. The summed E-state index contributed by atoms with van der Waals surface area (Å²) in [6, 6.07) is 0. The van der Waals surface area contributed by atoms with Gasteiger partial charge in [0, 0.05) is 12.7 Å². The van der Waals surface area contributed by atoms with Crippen LogP contribution in [0.25, 0.3) is 0 Å². The molecule has 0 aromatic carbocycles. The number of nitrogens with two attached hydrogens (primary N) is 2. The minimum atomic E-state index is -0.0324. The fraction of sp³-hybridized carbons (Fsp3) is 0.667. The fourth-order valence-corrected chi connectivity index (χ4v) is 1.22. The SMILES string of the molecule is CN/C(=C(/C)N)C(N)SC. The van der Waals surface area contributed by atoms with E-state index in [9.17, 15) is 0 Å². The summed E-state index contributed by atoms with van der Waals surface area (Å²) in [6.45, 7) is 1.84. The van der Waals surface area contributed by atoms with E-state index < -0.39 is 0 Å². The van der Waals surface area contributed by atoms with Crippen LogP contribution >= 0.6 is 11.8 Å². The average molecular weight is 161 g/mol. The van der Waals surface area contributed by atoms with Crippen molar-refractivity contribution in [1.82, 2.24) is 5.32 Å². The molecule has 1 atom stereocenters. The summed E-state index contributed by atoms with van der Waals surface area (Å²) in [7, 11) is 1.82. The number of hydrogen-bond acceptors (Lipinski definition) is 4. The minimum Gasteiger partial charge on any atom is -0.401 e. The van der Waals surface area contributed by atoms with Crippen molar-refractivity contribution in [3.8, 4) is 0 Å². The number of allylic oxidation sites excluding steroid dienone is 1. The van der Waals surface area contributed by atoms with Gasteiger partial charge in [-0.2, -0.15) is 0 Å². The topological polar surface area (TPSA) is 64.1 Å². The molecule has 5 N–H and O–H groups in total. The van der Waals surface area contributed by atoms with Crippen LogP contribution in [0.2, 0.25) is 0 Å². The van der Waals surface area contributed by atoms with Crippen LogP contribution in [0.15, 0.2) is 11.4 Å². The van der Waals surface area contributed by atoms with Crippen molar-refractivity contribution >= 4 is 11.8 Å². The number of hydrogen-bond donors (Lipinski definition) is 3. The van der Waals surface area contributed by atoms with Gasteiger partial charge in [0.15, 0.2) is 0 Å². The van der Waals surface area contributed by atoms with Crippen molar-refractivity contribution in [3.63, 3.8) is 0 Å². The smallest absolute Gasteiger partial charge is 0.0926 e. The molecule has 0 bridgehead atoms. The second-order valence-electron chi connectivity index (χ2n) is 2.00. The molecule has 0 saturated carbocycles. The summed E-state index contributed by atoms with van der Waals surface area (Å²) in [5, 5.41) is 2.93. The van der Waals surface area contributed by atoms with E-state index in [1.165, 1.54) is 0 Å². The maximum Gasteiger partial charge on any atom is 0.0926 e. The van der Waals surface area contributed by atoms with Crippen molar-refractivity contribution in [2.45, 2.75) is 12.3 Å². The Bertz CT molecular complexity index is 129. The van der Waals surface area contributed by atoms with Gasteiger partial charge in [-0.25, -0.2) is 0 Å². The molecule has 0 aliphatic rings. The lowest BCUT2D eigenvalue weighted by Crippen LogP contribution is -2.29. The maximum absolute atomic E-state index is 5.69. The van der Waals surface area contributed by atoms with Gasteiger partial charge in [-0.3, -0.25) is 0 Å². The highest BCUT2D eigenvalue weighted by Crippen LogP contribution is 2.09. The summed E-state index contributed by atoms with van der Waals surface area (Å²) in [5.74, 6) is 0. The van der Waals surface area contributed by atoms with Crippen molar-refractivity contribution in [1.29, 1.82) is 0 Å². The van der Waals surface area contributed by atoms with Crippen molar-refractivity contribution in [2.24, 2.45) is 11.5 Å². The highest BCUT2D eigenvalue weighted by Gasteiger charge is 2.06. The zero-order valence-corrected chi connectivity index (χ0v) is 7.46. The standard InChI is InChI=1S/C6H15N3S/c1-4(7)5(9-2)6(8)10-3/h6,9H,7-8H2,1-3H3/b5-4-. The highest BCUT2D eigenvalue weighted by molar-refractivity contribution is 7.99. The predicted octanol–water partition coefficient (Wildman–Crippen LogP) is 0.0438. The minimum absolute atomic E-state index is 0.0324. The van der Waals surface area contributed by atoms with Crippen molar-refractivity contribution < 1.29 is 0 Å². The van der Waals surface area contributed by atoms with Gasteiger partial charge < -0.3 is 16.8 Å². The summed E-state index contributed by atoms with van der Waals surface area (Å²) in [4.78, 5) is 0. The Balaban J connectivity index is 4.21. The molecule has 4 heteroatoms. The summed E-state index contributed by atoms with van der Waals surface area (Å²) < 4.78 is 0. The highest BCUT2D eigenvalue weighted by atomic mass is 32.2. The van der Waals surface area contributed by atoms with Crippen molar-refractivity contribution in [3.05, 3.63) is 11.4 Å². The average Bonchev–Trinajstić information content (AvgIpc) is 1.88. The largest absolute Gasteiger partial charge is 0.401 e. The number of thioether (sulfide) groups is 1. The molecule has 60 valence electrons. The third-order valence-electron chi connectivity index (χ3n) is 1.23. The second-order valence-corrected chi connectivity index (χ2v) is 2.98. The third-order valence-corrected chi connectivity index (χ3v) is 1.98. The summed E-state index contributed by atoms with van der Waals surface area (Å²) in [5.41, 5.74) is 12.9. The quantitative estimate of drug-likeness (QED) is 0.512. The zero-order chi connectivity index (χ0) is 8.15. The van der Waals surface area contributed by atoms with Crippen molar-refractivity contribution in [2.75, 3.05) is 13.3 Å². The Morgan fingerprint density at radius 3 is 2.20 bits per heavy atom. The normalized spacial score (nSPS) is 16.0. The summed E-state index contributed by atoms with van der Waals surface area (Å²) in [6.07, 6.45) is 1.95. The molecule has 1 unspecified atom stereocenters. The lowest BCUT2D eigenvalue weighted by molar-refractivity contribution is 0.861. The Morgan fingerprint density at radius 2 is 2.10 bits per heavy atom. The molecule has 0 aliphatic heterocycles. The molecule has 0 aliphatic carbocycles. The van der Waals surface area contributed by atoms with E-state index >= 15 is 0 Å². The fourth-order valence-electron chi connectivity index (χ4n) is 0.682. The number of likely N-dealkylation sites (N-methyl/N-ethyl adjacent to an activating group) is 1. The van der Waals surface area contributed by atoms with Gasteiger partial charge in [0.05, 0.1) is 11.1 Å². The van der Waals surface area contributed by atoms with Gasteiger partial charge in [0.1, 0.15) is 0 Å². The van der Waals surface area contributed by atoms with Gasteiger partial charge in [0.2, 0.25) is 0 Å². The van der Waals surface area contributed by atoms with Gasteiger partial charge in [-0.1, -0.05) is 0 Å². The van der Waals surface area contributed by atoms with Crippen LogP contribution in [0.3, 0.4) is 0 Å². The van der Waals surface area contributed by atoms with E-state index in [1.807, 2.05) is 20.2 Å². The maximum atomic E-state index is 5.69. The molecular formula is C6H15N3S. The molecule has 0 rings (SSSR count). The lowest BCUT2D eigenvalue weighted by atomic mass is 10.3. The molecule has 10 heavy (non-hydrogen) atoms. The number of rotatable bonds is 3. The molecule has 0 fully saturated rings.